The van der Waals surface area contributed by atoms with Crippen LogP contribution in [0.2, 0.25) is 0 Å². The van der Waals surface area contributed by atoms with Gasteiger partial charge in [-0.15, -0.1) is 11.3 Å². The summed E-state index contributed by atoms with van der Waals surface area (Å²) in [6.45, 7) is -2.23. The number of nitrogens with zero attached hydrogens (tertiary/aromatic N) is 1. The van der Waals surface area contributed by atoms with E-state index in [4.69, 9.17) is 0 Å². The van der Waals surface area contributed by atoms with Crippen LogP contribution in [-0.4, -0.2) is 48.3 Å². The first kappa shape index (κ1) is 17.9. The molecule has 2 rings (SSSR count). The summed E-state index contributed by atoms with van der Waals surface area (Å²) in [5.74, 6) is -1.28. The first-order valence-electron chi connectivity index (χ1n) is 6.45. The summed E-state index contributed by atoms with van der Waals surface area (Å²) in [6, 6.07) is 1.53. The Morgan fingerprint density at radius 2 is 2.17 bits per heavy atom. The molecule has 11 heteroatoms. The van der Waals surface area contributed by atoms with E-state index < -0.39 is 31.3 Å². The lowest BCUT2D eigenvalue weighted by molar-refractivity contribution is -0.174. The first-order valence-corrected chi connectivity index (χ1v) is 7.33. The summed E-state index contributed by atoms with van der Waals surface area (Å²) in [6.07, 6.45) is -2.94. The van der Waals surface area contributed by atoms with Crippen molar-refractivity contribution in [2.45, 2.75) is 6.18 Å². The molecule has 0 aliphatic heterocycles. The number of aromatic amines is 1. The third kappa shape index (κ3) is 5.06. The number of thiazole rings is 1. The predicted molar refractivity (Wildman–Crippen MR) is 78.7 cm³/mol. The molecule has 0 aliphatic carbocycles. The molecule has 7 nitrogen and oxygen atoms in total. The van der Waals surface area contributed by atoms with Gasteiger partial charge in [0, 0.05) is 17.1 Å². The third-order valence-corrected chi connectivity index (χ3v) is 3.39. The highest BCUT2D eigenvalue weighted by atomic mass is 32.1. The minimum Gasteiger partial charge on any atom is -0.464 e. The van der Waals surface area contributed by atoms with Crippen molar-refractivity contribution in [3.05, 3.63) is 23.3 Å². The van der Waals surface area contributed by atoms with Crippen LogP contribution in [0.25, 0.3) is 11.3 Å². The number of hydrogen-bond donors (Lipinski definition) is 2. The third-order valence-electron chi connectivity index (χ3n) is 2.63. The molecule has 0 spiro atoms. The highest BCUT2D eigenvalue weighted by Crippen LogP contribution is 2.25. The summed E-state index contributed by atoms with van der Waals surface area (Å²) in [4.78, 5) is 29.7. The van der Waals surface area contributed by atoms with E-state index in [1.165, 1.54) is 13.2 Å². The summed E-state index contributed by atoms with van der Waals surface area (Å²) in [7, 11) is 1.25. The molecule has 0 aliphatic rings. The number of H-pyrrole nitrogens is 1. The molecular formula is C13H12F3N3O4S. The van der Waals surface area contributed by atoms with Crippen molar-refractivity contribution < 1.29 is 32.2 Å². The van der Waals surface area contributed by atoms with Gasteiger partial charge in [-0.2, -0.15) is 13.2 Å². The Bertz CT molecular complexity index is 726. The van der Waals surface area contributed by atoms with Gasteiger partial charge in [0.25, 0.3) is 5.91 Å². The number of ether oxygens (including phenoxy) is 2. The molecule has 2 N–H and O–H groups in total. The Kier molecular flexibility index (Phi) is 5.57. The molecule has 0 fully saturated rings. The summed E-state index contributed by atoms with van der Waals surface area (Å²) in [5.41, 5.74) is 1.32. The smallest absolute Gasteiger partial charge is 0.411 e. The van der Waals surface area contributed by atoms with E-state index in [1.54, 1.807) is 11.6 Å². The van der Waals surface area contributed by atoms with Crippen LogP contribution in [0.5, 0.6) is 0 Å². The average molecular weight is 363 g/mol. The van der Waals surface area contributed by atoms with Gasteiger partial charge in [-0.25, -0.2) is 9.78 Å². The molecular weight excluding hydrogens is 351 g/mol. The number of esters is 1. The molecule has 2 heterocycles. The van der Waals surface area contributed by atoms with Crippen molar-refractivity contribution >= 4 is 28.3 Å². The molecule has 130 valence electrons. The van der Waals surface area contributed by atoms with Crippen molar-refractivity contribution in [1.29, 1.82) is 0 Å². The Labute approximate surface area is 137 Å². The Morgan fingerprint density at radius 1 is 1.42 bits per heavy atom. The van der Waals surface area contributed by atoms with Crippen LogP contribution < -0.4 is 5.32 Å². The van der Waals surface area contributed by atoms with Gasteiger partial charge in [-0.05, 0) is 6.07 Å². The number of hydrogen-bond acceptors (Lipinski definition) is 6. The SMILES string of the molecule is COC(=O)c1cc(-c2csc(NC(=O)COCC(F)(F)F)n2)c[nH]1. The van der Waals surface area contributed by atoms with E-state index in [-0.39, 0.29) is 10.8 Å². The quantitative estimate of drug-likeness (QED) is 0.769. The zero-order chi connectivity index (χ0) is 17.7. The number of aromatic nitrogens is 2. The molecule has 2 aromatic heterocycles. The molecule has 0 bridgehead atoms. The van der Waals surface area contributed by atoms with E-state index in [0.29, 0.717) is 11.3 Å². The number of alkyl halides is 3. The van der Waals surface area contributed by atoms with Crippen LogP contribution in [0.1, 0.15) is 10.5 Å². The largest absolute Gasteiger partial charge is 0.464 e. The van der Waals surface area contributed by atoms with Gasteiger partial charge in [-0.1, -0.05) is 0 Å². The number of methoxy groups -OCH3 is 1. The maximum Gasteiger partial charge on any atom is 0.411 e. The van der Waals surface area contributed by atoms with E-state index in [9.17, 15) is 22.8 Å². The van der Waals surface area contributed by atoms with Crippen molar-refractivity contribution in [3.63, 3.8) is 0 Å². The van der Waals surface area contributed by atoms with Gasteiger partial charge in [0.2, 0.25) is 0 Å². The first-order chi connectivity index (χ1) is 11.3. The number of anilines is 1. The number of carbonyl (C=O) groups excluding carboxylic acids is 2. The Balaban J connectivity index is 1.92. The maximum atomic E-state index is 11.9. The molecule has 0 radical (unpaired) electrons. The second-order valence-corrected chi connectivity index (χ2v) is 5.35. The van der Waals surface area contributed by atoms with Gasteiger partial charge in [0.1, 0.15) is 18.9 Å². The fraction of sp³-hybridized carbons (Fsp3) is 0.308. The zero-order valence-electron chi connectivity index (χ0n) is 12.3. The number of rotatable bonds is 6. The van der Waals surface area contributed by atoms with Crippen molar-refractivity contribution in [1.82, 2.24) is 9.97 Å². The summed E-state index contributed by atoms with van der Waals surface area (Å²) >= 11 is 1.08. The molecule has 0 atom stereocenters. The van der Waals surface area contributed by atoms with E-state index in [0.717, 1.165) is 11.3 Å². The molecule has 24 heavy (non-hydrogen) atoms. The minimum absolute atomic E-state index is 0.200. The summed E-state index contributed by atoms with van der Waals surface area (Å²) in [5, 5.41) is 4.16. The van der Waals surface area contributed by atoms with Crippen LogP contribution >= 0.6 is 11.3 Å². The lowest BCUT2D eigenvalue weighted by Crippen LogP contribution is -2.23. The number of halogens is 3. The van der Waals surface area contributed by atoms with Crippen LogP contribution in [0.4, 0.5) is 18.3 Å². The number of amides is 1. The standard InChI is InChI=1S/C13H12F3N3O4S/c1-22-11(21)8-2-7(3-17-8)9-5-24-12(18-9)19-10(20)4-23-6-13(14,15)16/h2-3,5,17H,4,6H2,1H3,(H,18,19,20). The Hall–Kier alpha value is -2.40. The fourth-order valence-corrected chi connectivity index (χ4v) is 2.38. The zero-order valence-corrected chi connectivity index (χ0v) is 13.1. The minimum atomic E-state index is -4.49. The Morgan fingerprint density at radius 3 is 2.83 bits per heavy atom. The molecule has 0 saturated carbocycles. The molecule has 0 saturated heterocycles. The van der Waals surface area contributed by atoms with Crippen LogP contribution in [0.15, 0.2) is 17.6 Å². The molecule has 0 unspecified atom stereocenters. The highest BCUT2D eigenvalue weighted by Gasteiger charge is 2.27. The van der Waals surface area contributed by atoms with Crippen molar-refractivity contribution in [2.24, 2.45) is 0 Å². The van der Waals surface area contributed by atoms with E-state index in [1.807, 2.05) is 0 Å². The normalized spacial score (nSPS) is 11.3. The van der Waals surface area contributed by atoms with E-state index >= 15 is 0 Å². The second-order valence-electron chi connectivity index (χ2n) is 4.49. The average Bonchev–Trinajstić information content (AvgIpc) is 3.13. The molecule has 2 aromatic rings. The number of carbonyl (C=O) groups is 2. The van der Waals surface area contributed by atoms with Crippen molar-refractivity contribution in [2.75, 3.05) is 25.6 Å². The second kappa shape index (κ2) is 7.45. The highest BCUT2D eigenvalue weighted by molar-refractivity contribution is 7.14. The van der Waals surface area contributed by atoms with Gasteiger partial charge in [-0.3, -0.25) is 10.1 Å². The topological polar surface area (TPSA) is 93.3 Å². The molecule has 0 aromatic carbocycles. The summed E-state index contributed by atoms with van der Waals surface area (Å²) < 4.78 is 44.5. The van der Waals surface area contributed by atoms with Gasteiger partial charge < -0.3 is 14.5 Å². The predicted octanol–water partition coefficient (Wildman–Crippen LogP) is 2.44. The maximum absolute atomic E-state index is 11.9. The number of nitrogens with one attached hydrogen (secondary N) is 2. The molecule has 1 amide bonds. The van der Waals surface area contributed by atoms with E-state index in [2.05, 4.69) is 24.8 Å². The van der Waals surface area contributed by atoms with Gasteiger partial charge >= 0.3 is 12.1 Å². The van der Waals surface area contributed by atoms with Crippen molar-refractivity contribution in [3.8, 4) is 11.3 Å². The van der Waals surface area contributed by atoms with Gasteiger partial charge in [0.05, 0.1) is 12.8 Å². The lowest BCUT2D eigenvalue weighted by atomic mass is 10.2. The van der Waals surface area contributed by atoms with Crippen LogP contribution in [0, 0.1) is 0 Å². The lowest BCUT2D eigenvalue weighted by Gasteiger charge is -2.06. The van der Waals surface area contributed by atoms with Crippen LogP contribution in [0.3, 0.4) is 0 Å². The van der Waals surface area contributed by atoms with Gasteiger partial charge in [0.15, 0.2) is 5.13 Å². The fourth-order valence-electron chi connectivity index (χ4n) is 1.65. The monoisotopic (exact) mass is 363 g/mol. The van der Waals surface area contributed by atoms with Crippen LogP contribution in [-0.2, 0) is 14.3 Å².